The number of aromatic nitrogens is 2. The lowest BCUT2D eigenvalue weighted by atomic mass is 10.2. The van der Waals surface area contributed by atoms with E-state index in [0.717, 1.165) is 32.8 Å². The Bertz CT molecular complexity index is 770. The van der Waals surface area contributed by atoms with E-state index < -0.39 is 0 Å². The Kier molecular flexibility index (Phi) is 3.68. The van der Waals surface area contributed by atoms with Gasteiger partial charge in [0.05, 0.1) is 18.5 Å². The third-order valence-electron chi connectivity index (χ3n) is 3.12. The van der Waals surface area contributed by atoms with Crippen molar-refractivity contribution in [3.63, 3.8) is 0 Å². The second kappa shape index (κ2) is 5.46. The van der Waals surface area contributed by atoms with E-state index >= 15 is 0 Å². The summed E-state index contributed by atoms with van der Waals surface area (Å²) in [6.07, 6.45) is 0. The summed E-state index contributed by atoms with van der Waals surface area (Å²) in [4.78, 5) is 4.60. The topological polar surface area (TPSA) is 27.1 Å². The smallest absolute Gasteiger partial charge is 0.146 e. The fourth-order valence-electron chi connectivity index (χ4n) is 2.28. The number of alkyl halides is 1. The summed E-state index contributed by atoms with van der Waals surface area (Å²) in [5, 5.41) is 0. The van der Waals surface area contributed by atoms with Gasteiger partial charge in [0.2, 0.25) is 0 Å². The maximum absolute atomic E-state index is 6.05. The van der Waals surface area contributed by atoms with Crippen molar-refractivity contribution in [2.45, 2.75) is 5.88 Å². The zero-order chi connectivity index (χ0) is 14.1. The number of ether oxygens (including phenoxy) is 1. The molecule has 0 amide bonds. The van der Waals surface area contributed by atoms with E-state index in [1.165, 1.54) is 0 Å². The van der Waals surface area contributed by atoms with Crippen molar-refractivity contribution in [1.82, 2.24) is 9.55 Å². The molecule has 0 spiro atoms. The molecule has 1 heterocycles. The lowest BCUT2D eigenvalue weighted by Gasteiger charge is -2.08. The normalized spacial score (nSPS) is 10.9. The van der Waals surface area contributed by atoms with Crippen LogP contribution in [0.5, 0.6) is 5.75 Å². The van der Waals surface area contributed by atoms with Crippen LogP contribution in [0, 0.1) is 0 Å². The van der Waals surface area contributed by atoms with Gasteiger partial charge in [0, 0.05) is 10.2 Å². The maximum atomic E-state index is 6.05. The molecule has 102 valence electrons. The molecule has 3 aromatic rings. The molecule has 0 N–H and O–H groups in total. The molecule has 1 aromatic heterocycles. The zero-order valence-corrected chi connectivity index (χ0v) is 13.1. The first-order valence-corrected chi connectivity index (χ1v) is 7.43. The zero-order valence-electron chi connectivity index (χ0n) is 10.8. The standard InChI is InChI=1S/C15H12BrClN2O/c1-20-13-7-3-6-12-15(13)18-14(9-17)19(12)11-5-2-4-10(16)8-11/h2-8H,9H2,1H3. The highest BCUT2D eigenvalue weighted by molar-refractivity contribution is 9.10. The lowest BCUT2D eigenvalue weighted by molar-refractivity contribution is 0.419. The Morgan fingerprint density at radius 2 is 2.05 bits per heavy atom. The van der Waals surface area contributed by atoms with Crippen LogP contribution in [0.2, 0.25) is 0 Å². The van der Waals surface area contributed by atoms with Crippen LogP contribution in [0.4, 0.5) is 0 Å². The highest BCUT2D eigenvalue weighted by Crippen LogP contribution is 2.29. The maximum Gasteiger partial charge on any atom is 0.146 e. The van der Waals surface area contributed by atoms with Crippen LogP contribution < -0.4 is 4.74 Å². The van der Waals surface area contributed by atoms with E-state index in [2.05, 4.69) is 25.5 Å². The molecule has 2 aromatic carbocycles. The van der Waals surface area contributed by atoms with E-state index in [1.54, 1.807) is 7.11 Å². The first-order valence-electron chi connectivity index (χ1n) is 6.11. The van der Waals surface area contributed by atoms with E-state index in [-0.39, 0.29) is 0 Å². The van der Waals surface area contributed by atoms with Crippen molar-refractivity contribution < 1.29 is 4.74 Å². The van der Waals surface area contributed by atoms with Crippen molar-refractivity contribution in [3.8, 4) is 11.4 Å². The predicted octanol–water partition coefficient (Wildman–Crippen LogP) is 4.54. The summed E-state index contributed by atoms with van der Waals surface area (Å²) >= 11 is 9.55. The Morgan fingerprint density at radius 1 is 1.25 bits per heavy atom. The number of imidazole rings is 1. The number of rotatable bonds is 3. The van der Waals surface area contributed by atoms with Gasteiger partial charge in [0.15, 0.2) is 0 Å². The Labute approximate surface area is 130 Å². The van der Waals surface area contributed by atoms with Crippen molar-refractivity contribution >= 4 is 38.6 Å². The minimum atomic E-state index is 0.338. The molecule has 0 aliphatic rings. The number of fused-ring (bicyclic) bond motifs is 1. The van der Waals surface area contributed by atoms with Crippen molar-refractivity contribution in [2.24, 2.45) is 0 Å². The fourth-order valence-corrected chi connectivity index (χ4v) is 2.85. The van der Waals surface area contributed by atoms with Gasteiger partial charge >= 0.3 is 0 Å². The molecule has 5 heteroatoms. The number of hydrogen-bond acceptors (Lipinski definition) is 2. The van der Waals surface area contributed by atoms with Gasteiger partial charge in [-0.3, -0.25) is 4.57 Å². The second-order valence-corrected chi connectivity index (χ2v) is 5.49. The number of methoxy groups -OCH3 is 1. The molecule has 0 aliphatic carbocycles. The van der Waals surface area contributed by atoms with Gasteiger partial charge in [0.1, 0.15) is 17.1 Å². The fraction of sp³-hybridized carbons (Fsp3) is 0.133. The molecule has 3 rings (SSSR count). The summed E-state index contributed by atoms with van der Waals surface area (Å²) in [6.45, 7) is 0. The summed E-state index contributed by atoms with van der Waals surface area (Å²) in [5.41, 5.74) is 2.83. The number of halogens is 2. The average molecular weight is 352 g/mol. The van der Waals surface area contributed by atoms with Crippen molar-refractivity contribution in [1.29, 1.82) is 0 Å². The first-order chi connectivity index (χ1) is 9.74. The van der Waals surface area contributed by atoms with Crippen LogP contribution in [0.15, 0.2) is 46.9 Å². The van der Waals surface area contributed by atoms with Gasteiger partial charge in [-0.2, -0.15) is 0 Å². The van der Waals surface area contributed by atoms with E-state index in [9.17, 15) is 0 Å². The molecule has 20 heavy (non-hydrogen) atoms. The summed E-state index contributed by atoms with van der Waals surface area (Å²) in [7, 11) is 1.65. The van der Waals surface area contributed by atoms with Gasteiger partial charge in [-0.15, -0.1) is 11.6 Å². The second-order valence-electron chi connectivity index (χ2n) is 4.30. The van der Waals surface area contributed by atoms with Gasteiger partial charge in [-0.05, 0) is 30.3 Å². The number of benzene rings is 2. The van der Waals surface area contributed by atoms with Crippen LogP contribution in [0.3, 0.4) is 0 Å². The first kappa shape index (κ1) is 13.5. The quantitative estimate of drug-likeness (QED) is 0.648. The minimum absolute atomic E-state index is 0.338. The lowest BCUT2D eigenvalue weighted by Crippen LogP contribution is -1.98. The van der Waals surface area contributed by atoms with Gasteiger partial charge in [0.25, 0.3) is 0 Å². The molecular formula is C15H12BrClN2O. The predicted molar refractivity (Wildman–Crippen MR) is 84.9 cm³/mol. The van der Waals surface area contributed by atoms with E-state index in [0.29, 0.717) is 5.88 Å². The Hall–Kier alpha value is -1.52. The third kappa shape index (κ3) is 2.19. The summed E-state index contributed by atoms with van der Waals surface area (Å²) < 4.78 is 8.44. The Balaban J connectivity index is 2.34. The molecule has 0 saturated heterocycles. The molecule has 0 radical (unpaired) electrons. The molecule has 0 fully saturated rings. The number of para-hydroxylation sites is 1. The van der Waals surface area contributed by atoms with Crippen molar-refractivity contribution in [3.05, 3.63) is 52.8 Å². The highest BCUT2D eigenvalue weighted by atomic mass is 79.9. The monoisotopic (exact) mass is 350 g/mol. The van der Waals surface area contributed by atoms with E-state index in [1.807, 2.05) is 42.5 Å². The van der Waals surface area contributed by atoms with Crippen LogP contribution >= 0.6 is 27.5 Å². The largest absolute Gasteiger partial charge is 0.494 e. The SMILES string of the molecule is COc1cccc2c1nc(CCl)n2-c1cccc(Br)c1. The van der Waals surface area contributed by atoms with Crippen LogP contribution in [-0.4, -0.2) is 16.7 Å². The van der Waals surface area contributed by atoms with Gasteiger partial charge in [-0.25, -0.2) is 4.98 Å². The number of hydrogen-bond donors (Lipinski definition) is 0. The summed E-state index contributed by atoms with van der Waals surface area (Å²) in [6, 6.07) is 13.9. The molecule has 0 aliphatic heterocycles. The van der Waals surface area contributed by atoms with Gasteiger partial charge < -0.3 is 4.74 Å². The van der Waals surface area contributed by atoms with Crippen LogP contribution in [0.1, 0.15) is 5.82 Å². The molecule has 3 nitrogen and oxygen atoms in total. The summed E-state index contributed by atoms with van der Waals surface area (Å²) in [5.74, 6) is 1.89. The minimum Gasteiger partial charge on any atom is -0.494 e. The van der Waals surface area contributed by atoms with Crippen LogP contribution in [0.25, 0.3) is 16.7 Å². The van der Waals surface area contributed by atoms with Crippen molar-refractivity contribution in [2.75, 3.05) is 7.11 Å². The average Bonchev–Trinajstić information content (AvgIpc) is 2.85. The Morgan fingerprint density at radius 3 is 2.75 bits per heavy atom. The molecule has 0 atom stereocenters. The molecule has 0 saturated carbocycles. The number of nitrogens with zero attached hydrogens (tertiary/aromatic N) is 2. The third-order valence-corrected chi connectivity index (χ3v) is 3.86. The van der Waals surface area contributed by atoms with Gasteiger partial charge in [-0.1, -0.05) is 28.1 Å². The van der Waals surface area contributed by atoms with E-state index in [4.69, 9.17) is 16.3 Å². The highest BCUT2D eigenvalue weighted by Gasteiger charge is 2.14. The molecular weight excluding hydrogens is 340 g/mol. The van der Waals surface area contributed by atoms with Crippen LogP contribution in [-0.2, 0) is 5.88 Å². The molecule has 0 unspecified atom stereocenters. The molecule has 0 bridgehead atoms.